The number of nitrogens with zero attached hydrogens (tertiary/aromatic N) is 1. The zero-order chi connectivity index (χ0) is 12.1. The second kappa shape index (κ2) is 8.95. The van der Waals surface area contributed by atoms with Crippen molar-refractivity contribution in [3.63, 3.8) is 0 Å². The van der Waals surface area contributed by atoms with E-state index in [1.54, 1.807) is 0 Å². The van der Waals surface area contributed by atoms with Gasteiger partial charge in [-0.1, -0.05) is 62.8 Å². The van der Waals surface area contributed by atoms with Gasteiger partial charge in [0.25, 0.3) is 0 Å². The molecule has 2 nitrogen and oxygen atoms in total. The van der Waals surface area contributed by atoms with E-state index in [1.807, 2.05) is 44.3 Å². The van der Waals surface area contributed by atoms with Crippen LogP contribution in [0.15, 0.2) is 30.3 Å². The first-order chi connectivity index (χ1) is 7.52. The Labute approximate surface area is 154 Å². The van der Waals surface area contributed by atoms with E-state index in [9.17, 15) is 5.11 Å². The van der Waals surface area contributed by atoms with E-state index in [-0.39, 0.29) is 64.2 Å². The van der Waals surface area contributed by atoms with Gasteiger partial charge in [0.15, 0.2) is 0 Å². The van der Waals surface area contributed by atoms with Crippen LogP contribution in [0.2, 0.25) is 0 Å². The summed E-state index contributed by atoms with van der Waals surface area (Å²) in [5.41, 5.74) is 0.880. The second-order valence-corrected chi connectivity index (χ2v) is 4.91. The molecule has 0 amide bonds. The molecule has 0 saturated heterocycles. The summed E-state index contributed by atoms with van der Waals surface area (Å²) in [4.78, 5) is 2.15. The molecular weight excluding hydrogens is 284 g/mol. The van der Waals surface area contributed by atoms with Crippen molar-refractivity contribution < 1.29 is 63.3 Å². The Morgan fingerprint density at radius 3 is 2.12 bits per heavy atom. The summed E-state index contributed by atoms with van der Waals surface area (Å²) in [7, 11) is 2.03. The van der Waals surface area contributed by atoms with E-state index in [4.69, 9.17) is 0 Å². The molecule has 0 heterocycles. The molecule has 0 spiro atoms. The Bertz CT molecular complexity index is 302. The van der Waals surface area contributed by atoms with E-state index in [0.29, 0.717) is 5.92 Å². The van der Waals surface area contributed by atoms with Gasteiger partial charge in [0, 0.05) is 6.54 Å². The molecule has 0 bridgehead atoms. The van der Waals surface area contributed by atoms with Crippen molar-refractivity contribution in [1.29, 1.82) is 0 Å². The normalized spacial score (nSPS) is 14.5. The maximum atomic E-state index is 12.2. The van der Waals surface area contributed by atoms with Gasteiger partial charge in [0.05, 0.1) is 0 Å². The van der Waals surface area contributed by atoms with Gasteiger partial charge in [-0.2, -0.15) is 0 Å². The molecule has 0 radical (unpaired) electrons. The third-order valence-corrected chi connectivity index (χ3v) is 2.91. The van der Waals surface area contributed by atoms with E-state index in [0.717, 1.165) is 12.1 Å². The summed E-state index contributed by atoms with van der Waals surface area (Å²) in [6.45, 7) is 7.32. The van der Waals surface area contributed by atoms with Gasteiger partial charge in [-0.05, 0) is 19.0 Å². The van der Waals surface area contributed by atoms with Gasteiger partial charge in [0.2, 0.25) is 0 Å². The molecule has 90 valence electrons. The minimum Gasteiger partial charge on any atom is -0.847 e. The Hall–Kier alpha value is 0.945. The van der Waals surface area contributed by atoms with Gasteiger partial charge in [-0.15, -0.1) is 0 Å². The molecule has 17 heavy (non-hydrogen) atoms. The summed E-state index contributed by atoms with van der Waals surface area (Å²) in [6, 6.07) is 9.66. The predicted octanol–water partition coefficient (Wildman–Crippen LogP) is -0.932. The number of hydrogen-bond acceptors (Lipinski definition) is 2. The smallest absolute Gasteiger partial charge is 0.847 e. The molecule has 0 unspecified atom stereocenters. The monoisotopic (exact) mass is 305 g/mol. The molecule has 0 fully saturated rings. The average molecular weight is 306 g/mol. The fourth-order valence-electron chi connectivity index (χ4n) is 1.89. The van der Waals surface area contributed by atoms with Gasteiger partial charge < -0.3 is 10.0 Å². The van der Waals surface area contributed by atoms with Gasteiger partial charge in [-0.3, -0.25) is 0 Å². The SMILES string of the molecule is CC(C)CN(C)[C@@H](C)[C@H]([O-])c1ccccc1.[Rb+]. The number of likely N-dealkylation sites (N-methyl/N-ethyl adjacent to an activating group) is 1. The maximum absolute atomic E-state index is 12.2. The Balaban J connectivity index is 0.00000256. The largest absolute Gasteiger partial charge is 1.00 e. The molecule has 2 atom stereocenters. The Morgan fingerprint density at radius 1 is 1.12 bits per heavy atom. The van der Waals surface area contributed by atoms with E-state index in [1.165, 1.54) is 0 Å². The second-order valence-electron chi connectivity index (χ2n) is 4.91. The Morgan fingerprint density at radius 2 is 1.65 bits per heavy atom. The van der Waals surface area contributed by atoms with E-state index < -0.39 is 6.10 Å². The quantitative estimate of drug-likeness (QED) is 0.702. The zero-order valence-electron chi connectivity index (χ0n) is 11.7. The first-order valence-electron chi connectivity index (χ1n) is 5.93. The van der Waals surface area contributed by atoms with Crippen LogP contribution in [0, 0.1) is 5.92 Å². The number of hydrogen-bond donors (Lipinski definition) is 0. The van der Waals surface area contributed by atoms with Crippen LogP contribution < -0.4 is 63.3 Å². The van der Waals surface area contributed by atoms with Gasteiger partial charge in [0.1, 0.15) is 0 Å². The fourth-order valence-corrected chi connectivity index (χ4v) is 1.89. The van der Waals surface area contributed by atoms with Crippen LogP contribution in [-0.4, -0.2) is 24.5 Å². The first-order valence-corrected chi connectivity index (χ1v) is 5.93. The van der Waals surface area contributed by atoms with Crippen LogP contribution in [0.4, 0.5) is 0 Å². The molecule has 0 aliphatic carbocycles. The molecule has 1 rings (SSSR count). The molecule has 1 aromatic carbocycles. The van der Waals surface area contributed by atoms with Crippen LogP contribution in [0.3, 0.4) is 0 Å². The summed E-state index contributed by atoms with van der Waals surface area (Å²) in [6.07, 6.45) is -0.662. The predicted molar refractivity (Wildman–Crippen MR) is 66.1 cm³/mol. The minimum absolute atomic E-state index is 0. The molecule has 1 aromatic rings. The van der Waals surface area contributed by atoms with Gasteiger partial charge >= 0.3 is 58.2 Å². The van der Waals surface area contributed by atoms with Crippen LogP contribution >= 0.6 is 0 Å². The van der Waals surface area contributed by atoms with Crippen molar-refractivity contribution in [1.82, 2.24) is 4.90 Å². The third kappa shape index (κ3) is 6.08. The molecular formula is C14H22NORb. The summed E-state index contributed by atoms with van der Waals surface area (Å²) in [5.74, 6) is 0.593. The fraction of sp³-hybridized carbons (Fsp3) is 0.571. The van der Waals surface area contributed by atoms with Crippen molar-refractivity contribution >= 4 is 0 Å². The summed E-state index contributed by atoms with van der Waals surface area (Å²) in [5, 5.41) is 12.2. The van der Waals surface area contributed by atoms with Crippen LogP contribution in [0.1, 0.15) is 32.4 Å². The summed E-state index contributed by atoms with van der Waals surface area (Å²) < 4.78 is 0. The topological polar surface area (TPSA) is 26.3 Å². The third-order valence-electron chi connectivity index (χ3n) is 2.91. The van der Waals surface area contributed by atoms with E-state index in [2.05, 4.69) is 18.7 Å². The first kappa shape index (κ1) is 17.9. The van der Waals surface area contributed by atoms with Gasteiger partial charge in [-0.25, -0.2) is 0 Å². The molecule has 0 aromatic heterocycles. The standard InChI is InChI=1S/C14H22NO.Rb/c1-11(2)10-15(4)12(3)14(16)13-8-6-5-7-9-13;/h5-9,11-12,14H,10H2,1-4H3;/q-1;+1/t12-,14-;/m0./s1. The van der Waals surface area contributed by atoms with Crippen molar-refractivity contribution in [3.05, 3.63) is 35.9 Å². The number of benzene rings is 1. The molecule has 0 aliphatic rings. The van der Waals surface area contributed by atoms with E-state index >= 15 is 0 Å². The average Bonchev–Trinajstić information content (AvgIpc) is 2.27. The summed E-state index contributed by atoms with van der Waals surface area (Å²) >= 11 is 0. The van der Waals surface area contributed by atoms with Crippen LogP contribution in [0.25, 0.3) is 0 Å². The van der Waals surface area contributed by atoms with Crippen molar-refractivity contribution in [2.75, 3.05) is 13.6 Å². The molecule has 0 saturated carbocycles. The van der Waals surface area contributed by atoms with Crippen LogP contribution in [0.5, 0.6) is 0 Å². The molecule has 0 N–H and O–H groups in total. The minimum atomic E-state index is -0.662. The Kier molecular flexibility index (Phi) is 9.44. The van der Waals surface area contributed by atoms with Crippen LogP contribution in [-0.2, 0) is 0 Å². The van der Waals surface area contributed by atoms with Crippen molar-refractivity contribution in [3.8, 4) is 0 Å². The molecule has 0 aliphatic heterocycles. The number of rotatable bonds is 5. The molecule has 3 heteroatoms. The van der Waals surface area contributed by atoms with Crippen molar-refractivity contribution in [2.24, 2.45) is 5.92 Å². The maximum Gasteiger partial charge on any atom is 1.00 e. The zero-order valence-corrected chi connectivity index (χ0v) is 16.6. The van der Waals surface area contributed by atoms with Crippen molar-refractivity contribution in [2.45, 2.75) is 32.9 Å².